The molecule has 1 atom stereocenters. The zero-order valence-electron chi connectivity index (χ0n) is 18.5. The topological polar surface area (TPSA) is 66.5 Å². The van der Waals surface area contributed by atoms with E-state index in [0.717, 1.165) is 35.7 Å². The van der Waals surface area contributed by atoms with Crippen molar-refractivity contribution in [3.63, 3.8) is 0 Å². The second-order valence-corrected chi connectivity index (χ2v) is 10.4. The summed E-state index contributed by atoms with van der Waals surface area (Å²) in [6.07, 6.45) is 4.69. The lowest BCUT2D eigenvalue weighted by Crippen LogP contribution is -2.43. The Morgan fingerprint density at radius 1 is 1.03 bits per heavy atom. The van der Waals surface area contributed by atoms with Crippen molar-refractivity contribution < 1.29 is 13.2 Å². The molecule has 0 radical (unpaired) electrons. The van der Waals surface area contributed by atoms with Crippen molar-refractivity contribution in [1.82, 2.24) is 4.31 Å². The van der Waals surface area contributed by atoms with Crippen molar-refractivity contribution in [3.05, 3.63) is 72.3 Å². The molecule has 0 saturated carbocycles. The van der Waals surface area contributed by atoms with Gasteiger partial charge in [0, 0.05) is 18.8 Å². The van der Waals surface area contributed by atoms with Gasteiger partial charge in [0.15, 0.2) is 0 Å². The maximum absolute atomic E-state index is 13.3. The average Bonchev–Trinajstić information content (AvgIpc) is 2.83. The van der Waals surface area contributed by atoms with Gasteiger partial charge in [0.1, 0.15) is 0 Å². The van der Waals surface area contributed by atoms with Crippen molar-refractivity contribution in [1.29, 1.82) is 0 Å². The lowest BCUT2D eigenvalue weighted by Gasteiger charge is -2.31. The molecule has 1 aliphatic heterocycles. The standard InChI is InChI=1S/C26H30N2O3S/c1-2-3-7-20-11-14-24(15-12-20)27-26(29)23-10-6-17-28(19-23)32(30,31)25-16-13-21-8-4-5-9-22(21)18-25/h4-5,8-9,11-16,18,23H,2-3,6-7,10,17,19H2,1H3,(H,27,29)/t23-/m1/s1. The Labute approximate surface area is 190 Å². The molecule has 1 heterocycles. The van der Waals surface area contributed by atoms with Crippen molar-refractivity contribution in [2.75, 3.05) is 18.4 Å². The first-order valence-corrected chi connectivity index (χ1v) is 12.8. The molecular formula is C26H30N2O3S. The van der Waals surface area contributed by atoms with E-state index in [-0.39, 0.29) is 23.3 Å². The van der Waals surface area contributed by atoms with E-state index in [9.17, 15) is 13.2 Å². The number of nitrogens with one attached hydrogen (secondary N) is 1. The number of anilines is 1. The second-order valence-electron chi connectivity index (χ2n) is 8.50. The zero-order valence-corrected chi connectivity index (χ0v) is 19.3. The fourth-order valence-corrected chi connectivity index (χ4v) is 5.79. The van der Waals surface area contributed by atoms with Crippen LogP contribution in [0, 0.1) is 5.92 Å². The van der Waals surface area contributed by atoms with E-state index in [4.69, 9.17) is 0 Å². The van der Waals surface area contributed by atoms with Crippen molar-refractivity contribution in [3.8, 4) is 0 Å². The first kappa shape index (κ1) is 22.5. The number of carbonyl (C=O) groups is 1. The molecule has 0 unspecified atom stereocenters. The summed E-state index contributed by atoms with van der Waals surface area (Å²) in [5.41, 5.74) is 2.01. The number of hydrogen-bond acceptors (Lipinski definition) is 3. The molecule has 4 rings (SSSR count). The number of hydrogen-bond donors (Lipinski definition) is 1. The van der Waals surface area contributed by atoms with Gasteiger partial charge in [-0.2, -0.15) is 4.31 Å². The van der Waals surface area contributed by atoms with E-state index >= 15 is 0 Å². The lowest BCUT2D eigenvalue weighted by molar-refractivity contribution is -0.120. The largest absolute Gasteiger partial charge is 0.326 e. The number of rotatable bonds is 7. The van der Waals surface area contributed by atoms with Crippen LogP contribution in [0.2, 0.25) is 0 Å². The molecule has 1 saturated heterocycles. The molecule has 1 N–H and O–H groups in total. The molecule has 168 valence electrons. The summed E-state index contributed by atoms with van der Waals surface area (Å²) in [7, 11) is -3.65. The minimum absolute atomic E-state index is 0.121. The molecule has 1 aliphatic rings. The van der Waals surface area contributed by atoms with Crippen LogP contribution in [-0.2, 0) is 21.2 Å². The van der Waals surface area contributed by atoms with Gasteiger partial charge in [0.2, 0.25) is 15.9 Å². The number of nitrogens with zero attached hydrogens (tertiary/aromatic N) is 1. The van der Waals surface area contributed by atoms with E-state index in [1.165, 1.54) is 9.87 Å². The third-order valence-corrected chi connectivity index (χ3v) is 8.02. The predicted octanol–water partition coefficient (Wildman–Crippen LogP) is 5.22. The Kier molecular flexibility index (Phi) is 6.92. The first-order valence-electron chi connectivity index (χ1n) is 11.4. The number of aryl methyl sites for hydroxylation is 1. The number of fused-ring (bicyclic) bond motifs is 1. The Morgan fingerprint density at radius 3 is 2.53 bits per heavy atom. The quantitative estimate of drug-likeness (QED) is 0.537. The molecule has 1 amide bonds. The van der Waals surface area contributed by atoms with Crippen LogP contribution in [0.4, 0.5) is 5.69 Å². The Bertz CT molecular complexity index is 1190. The van der Waals surface area contributed by atoms with E-state index < -0.39 is 10.0 Å². The molecule has 0 spiro atoms. The summed E-state index contributed by atoms with van der Waals surface area (Å²) in [5.74, 6) is -0.483. The van der Waals surface area contributed by atoms with Gasteiger partial charge >= 0.3 is 0 Å². The van der Waals surface area contributed by atoms with E-state index in [2.05, 4.69) is 12.2 Å². The van der Waals surface area contributed by atoms with Gasteiger partial charge in [-0.1, -0.05) is 55.8 Å². The third-order valence-electron chi connectivity index (χ3n) is 6.15. The van der Waals surface area contributed by atoms with Crippen LogP contribution >= 0.6 is 0 Å². The average molecular weight is 451 g/mol. The Hall–Kier alpha value is -2.70. The van der Waals surface area contributed by atoms with Gasteiger partial charge < -0.3 is 5.32 Å². The maximum Gasteiger partial charge on any atom is 0.243 e. The SMILES string of the molecule is CCCCc1ccc(NC(=O)[C@@H]2CCCN(S(=O)(=O)c3ccc4ccccc4c3)C2)cc1. The van der Waals surface area contributed by atoms with Gasteiger partial charge in [0.05, 0.1) is 10.8 Å². The number of benzene rings is 3. The minimum Gasteiger partial charge on any atom is -0.326 e. The predicted molar refractivity (Wildman–Crippen MR) is 129 cm³/mol. The zero-order chi connectivity index (χ0) is 22.6. The van der Waals surface area contributed by atoms with Crippen molar-refractivity contribution >= 4 is 32.4 Å². The highest BCUT2D eigenvalue weighted by atomic mass is 32.2. The van der Waals surface area contributed by atoms with Gasteiger partial charge in [-0.15, -0.1) is 0 Å². The number of sulfonamides is 1. The normalized spacial score (nSPS) is 17.3. The third kappa shape index (κ3) is 5.03. The summed E-state index contributed by atoms with van der Waals surface area (Å²) in [6.45, 7) is 2.81. The maximum atomic E-state index is 13.3. The van der Waals surface area contributed by atoms with Crippen molar-refractivity contribution in [2.45, 2.75) is 43.9 Å². The Balaban J connectivity index is 1.44. The molecule has 3 aromatic carbocycles. The number of carbonyl (C=O) groups excluding carboxylic acids is 1. The molecule has 6 heteroatoms. The lowest BCUT2D eigenvalue weighted by atomic mass is 9.98. The van der Waals surface area contributed by atoms with Gasteiger partial charge in [-0.3, -0.25) is 4.79 Å². The highest BCUT2D eigenvalue weighted by molar-refractivity contribution is 7.89. The van der Waals surface area contributed by atoms with Crippen LogP contribution in [-0.4, -0.2) is 31.7 Å². The monoisotopic (exact) mass is 450 g/mol. The summed E-state index contributed by atoms with van der Waals surface area (Å²) in [5, 5.41) is 4.86. The van der Waals surface area contributed by atoms with E-state index in [1.807, 2.05) is 54.6 Å². The van der Waals surface area contributed by atoms with Crippen LogP contribution in [0.1, 0.15) is 38.2 Å². The number of amides is 1. The molecule has 0 bridgehead atoms. The molecule has 3 aromatic rings. The first-order chi connectivity index (χ1) is 15.5. The molecule has 1 fully saturated rings. The second kappa shape index (κ2) is 9.84. The van der Waals surface area contributed by atoms with Crippen LogP contribution in [0.25, 0.3) is 10.8 Å². The van der Waals surface area contributed by atoms with E-state index in [1.54, 1.807) is 12.1 Å². The van der Waals surface area contributed by atoms with Crippen LogP contribution in [0.5, 0.6) is 0 Å². The van der Waals surface area contributed by atoms with Crippen LogP contribution in [0.15, 0.2) is 71.6 Å². The number of piperidine rings is 1. The van der Waals surface area contributed by atoms with E-state index in [0.29, 0.717) is 19.4 Å². The highest BCUT2D eigenvalue weighted by Gasteiger charge is 2.33. The number of unbranched alkanes of at least 4 members (excludes halogenated alkanes) is 1. The van der Waals surface area contributed by atoms with Crippen molar-refractivity contribution in [2.24, 2.45) is 5.92 Å². The molecule has 32 heavy (non-hydrogen) atoms. The summed E-state index contributed by atoms with van der Waals surface area (Å²) < 4.78 is 28.0. The van der Waals surface area contributed by atoms with Crippen LogP contribution < -0.4 is 5.32 Å². The molecule has 0 aromatic heterocycles. The molecule has 0 aliphatic carbocycles. The van der Waals surface area contributed by atoms with Gasteiger partial charge in [-0.25, -0.2) is 8.42 Å². The van der Waals surface area contributed by atoms with Gasteiger partial charge in [-0.05, 0) is 66.3 Å². The molecule has 5 nitrogen and oxygen atoms in total. The summed E-state index contributed by atoms with van der Waals surface area (Å²) in [4.78, 5) is 13.2. The minimum atomic E-state index is -3.65. The summed E-state index contributed by atoms with van der Waals surface area (Å²) >= 11 is 0. The smallest absolute Gasteiger partial charge is 0.243 e. The fraction of sp³-hybridized carbons (Fsp3) is 0.346. The van der Waals surface area contributed by atoms with Gasteiger partial charge in [0.25, 0.3) is 0 Å². The molecular weight excluding hydrogens is 420 g/mol. The fourth-order valence-electron chi connectivity index (χ4n) is 4.23. The Morgan fingerprint density at radius 2 is 1.78 bits per heavy atom. The van der Waals surface area contributed by atoms with Crippen LogP contribution in [0.3, 0.4) is 0 Å². The highest BCUT2D eigenvalue weighted by Crippen LogP contribution is 2.27. The summed E-state index contributed by atoms with van der Waals surface area (Å²) in [6, 6.07) is 20.9.